The summed E-state index contributed by atoms with van der Waals surface area (Å²) in [6.07, 6.45) is 2.39. The van der Waals surface area contributed by atoms with Gasteiger partial charge in [-0.15, -0.1) is 0 Å². The third kappa shape index (κ3) is 5.04. The molecule has 1 fully saturated rings. The summed E-state index contributed by atoms with van der Waals surface area (Å²) in [4.78, 5) is 26.0. The molecule has 1 N–H and O–H groups in total. The highest BCUT2D eigenvalue weighted by atomic mass is 35.5. The van der Waals surface area contributed by atoms with E-state index in [-0.39, 0.29) is 6.04 Å². The average molecular weight is 431 g/mol. The molecule has 4 rings (SSSR count). The second-order valence-corrected chi connectivity index (χ2v) is 6.92. The van der Waals surface area contributed by atoms with Crippen LogP contribution >= 0.6 is 11.6 Å². The molecule has 0 aliphatic carbocycles. The van der Waals surface area contributed by atoms with Crippen LogP contribution in [0, 0.1) is 0 Å². The van der Waals surface area contributed by atoms with Crippen LogP contribution in [0.2, 0.25) is 5.02 Å². The summed E-state index contributed by atoms with van der Waals surface area (Å²) >= 11 is 6.17. The number of hydrogen-bond donors (Lipinski definition) is 1. The van der Waals surface area contributed by atoms with E-state index in [4.69, 9.17) is 20.9 Å². The van der Waals surface area contributed by atoms with Crippen molar-refractivity contribution in [2.24, 2.45) is 0 Å². The standard InChI is InChI=1S/C17H15ClN6O3.C3H8/c1-10(15-22-14(23-27-15)11-4-2-3-5-12(11)18)20-16-19-7-6-13(21-16)24-8-9-26-17(24)25;1-3-2/h2-7,10H,8-9H2,1H3,(H,19,20,21);3H2,1-2H3. The number of aromatic nitrogens is 4. The van der Waals surface area contributed by atoms with E-state index >= 15 is 0 Å². The van der Waals surface area contributed by atoms with Crippen LogP contribution < -0.4 is 10.2 Å². The Morgan fingerprint density at radius 3 is 2.70 bits per heavy atom. The Labute approximate surface area is 179 Å². The topological polar surface area (TPSA) is 106 Å². The van der Waals surface area contributed by atoms with E-state index < -0.39 is 6.09 Å². The number of amides is 1. The lowest BCUT2D eigenvalue weighted by Crippen LogP contribution is -2.25. The normalized spacial score (nSPS) is 14.0. The molecule has 0 bridgehead atoms. The van der Waals surface area contributed by atoms with Gasteiger partial charge in [0.1, 0.15) is 18.5 Å². The number of benzene rings is 1. The number of rotatable bonds is 5. The second-order valence-electron chi connectivity index (χ2n) is 6.51. The van der Waals surface area contributed by atoms with E-state index in [0.29, 0.717) is 47.2 Å². The van der Waals surface area contributed by atoms with Gasteiger partial charge in [0.2, 0.25) is 17.7 Å². The minimum Gasteiger partial charge on any atom is -0.447 e. The van der Waals surface area contributed by atoms with Crippen LogP contribution in [0.25, 0.3) is 11.4 Å². The van der Waals surface area contributed by atoms with E-state index in [2.05, 4.69) is 39.3 Å². The van der Waals surface area contributed by atoms with Gasteiger partial charge in [0.05, 0.1) is 11.6 Å². The van der Waals surface area contributed by atoms with Crippen LogP contribution in [-0.2, 0) is 4.74 Å². The summed E-state index contributed by atoms with van der Waals surface area (Å²) in [5.41, 5.74) is 0.687. The van der Waals surface area contributed by atoms with Crippen LogP contribution in [0.4, 0.5) is 16.6 Å². The highest BCUT2D eigenvalue weighted by Crippen LogP contribution is 2.26. The van der Waals surface area contributed by atoms with E-state index in [9.17, 15) is 4.79 Å². The van der Waals surface area contributed by atoms with Gasteiger partial charge < -0.3 is 14.6 Å². The Bertz CT molecular complexity index is 996. The van der Waals surface area contributed by atoms with Crippen LogP contribution in [0.5, 0.6) is 0 Å². The molecule has 9 nitrogen and oxygen atoms in total. The van der Waals surface area contributed by atoms with Crippen LogP contribution in [0.3, 0.4) is 0 Å². The summed E-state index contributed by atoms with van der Waals surface area (Å²) in [7, 11) is 0. The monoisotopic (exact) mass is 430 g/mol. The number of halogens is 1. The molecule has 1 aliphatic heterocycles. The molecule has 158 valence electrons. The first kappa shape index (κ1) is 21.5. The van der Waals surface area contributed by atoms with Crippen LogP contribution in [0.15, 0.2) is 41.1 Å². The Kier molecular flexibility index (Phi) is 7.18. The molecule has 1 unspecified atom stereocenters. The molecule has 1 amide bonds. The summed E-state index contributed by atoms with van der Waals surface area (Å²) in [6.45, 7) is 6.88. The average Bonchev–Trinajstić information content (AvgIpc) is 3.38. The summed E-state index contributed by atoms with van der Waals surface area (Å²) in [5, 5.41) is 7.61. The molecule has 0 radical (unpaired) electrons. The molecule has 1 atom stereocenters. The number of hydrogen-bond acceptors (Lipinski definition) is 8. The number of ether oxygens (including phenoxy) is 1. The van der Waals surface area contributed by atoms with Gasteiger partial charge in [-0.2, -0.15) is 9.97 Å². The molecule has 3 heterocycles. The zero-order chi connectivity index (χ0) is 21.5. The summed E-state index contributed by atoms with van der Waals surface area (Å²) < 4.78 is 10.3. The quantitative estimate of drug-likeness (QED) is 0.619. The molecule has 3 aromatic rings. The molecular formula is C20H23ClN6O3. The largest absolute Gasteiger partial charge is 0.447 e. The van der Waals surface area contributed by atoms with Crippen LogP contribution in [-0.4, -0.2) is 39.4 Å². The first-order valence-electron chi connectivity index (χ1n) is 9.65. The smallest absolute Gasteiger partial charge is 0.415 e. The van der Waals surface area contributed by atoms with Gasteiger partial charge in [0, 0.05) is 11.8 Å². The SMILES string of the molecule is CC(Nc1nccc(N2CCOC2=O)n1)c1nc(-c2ccccc2Cl)no1.CCC. The highest BCUT2D eigenvalue weighted by Gasteiger charge is 2.25. The van der Waals surface area contributed by atoms with Crippen molar-refractivity contribution in [1.29, 1.82) is 0 Å². The molecule has 1 aliphatic rings. The van der Waals surface area contributed by atoms with Crippen molar-refractivity contribution >= 4 is 29.5 Å². The maximum absolute atomic E-state index is 11.7. The van der Waals surface area contributed by atoms with Gasteiger partial charge in [-0.05, 0) is 25.1 Å². The minimum atomic E-state index is -0.422. The van der Waals surface area contributed by atoms with E-state index in [1.54, 1.807) is 18.3 Å². The second kappa shape index (κ2) is 10.0. The Hall–Kier alpha value is -3.20. The van der Waals surface area contributed by atoms with Crippen LogP contribution in [0.1, 0.15) is 39.1 Å². The maximum Gasteiger partial charge on any atom is 0.415 e. The van der Waals surface area contributed by atoms with E-state index in [1.165, 1.54) is 11.3 Å². The third-order valence-electron chi connectivity index (χ3n) is 3.95. The highest BCUT2D eigenvalue weighted by molar-refractivity contribution is 6.33. The summed E-state index contributed by atoms with van der Waals surface area (Å²) in [5.74, 6) is 1.56. The fraction of sp³-hybridized carbons (Fsp3) is 0.350. The lowest BCUT2D eigenvalue weighted by Gasteiger charge is -2.14. The predicted octanol–water partition coefficient (Wildman–Crippen LogP) is 4.73. The lowest BCUT2D eigenvalue weighted by atomic mass is 10.2. The Morgan fingerprint density at radius 1 is 1.23 bits per heavy atom. The van der Waals surface area contributed by atoms with Crippen molar-refractivity contribution in [1.82, 2.24) is 20.1 Å². The fourth-order valence-electron chi connectivity index (χ4n) is 2.59. The molecule has 0 spiro atoms. The predicted molar refractivity (Wildman–Crippen MR) is 113 cm³/mol. The zero-order valence-corrected chi connectivity index (χ0v) is 17.8. The fourth-order valence-corrected chi connectivity index (χ4v) is 2.81. The first-order valence-corrected chi connectivity index (χ1v) is 10.0. The molecule has 1 saturated heterocycles. The van der Waals surface area contributed by atoms with Gasteiger partial charge in [0.25, 0.3) is 0 Å². The Morgan fingerprint density at radius 2 is 2.00 bits per heavy atom. The molecule has 10 heteroatoms. The molecular weight excluding hydrogens is 408 g/mol. The number of nitrogens with zero attached hydrogens (tertiary/aromatic N) is 5. The van der Waals surface area contributed by atoms with Gasteiger partial charge >= 0.3 is 6.09 Å². The van der Waals surface area contributed by atoms with Crippen molar-refractivity contribution in [2.45, 2.75) is 33.2 Å². The molecule has 2 aromatic heterocycles. The van der Waals surface area contributed by atoms with Crippen molar-refractivity contribution in [3.8, 4) is 11.4 Å². The summed E-state index contributed by atoms with van der Waals surface area (Å²) in [6, 6.07) is 8.55. The van der Waals surface area contributed by atoms with Crippen molar-refractivity contribution in [2.75, 3.05) is 23.4 Å². The van der Waals surface area contributed by atoms with Gasteiger partial charge in [-0.3, -0.25) is 4.90 Å². The third-order valence-corrected chi connectivity index (χ3v) is 4.28. The van der Waals surface area contributed by atoms with E-state index in [0.717, 1.165) is 0 Å². The van der Waals surface area contributed by atoms with Gasteiger partial charge in [-0.25, -0.2) is 9.78 Å². The van der Waals surface area contributed by atoms with Crippen molar-refractivity contribution in [3.05, 3.63) is 47.4 Å². The zero-order valence-electron chi connectivity index (χ0n) is 17.0. The molecule has 0 saturated carbocycles. The number of carbonyl (C=O) groups excluding carboxylic acids is 1. The number of cyclic esters (lactones) is 1. The maximum atomic E-state index is 11.7. The number of anilines is 2. The molecule has 30 heavy (non-hydrogen) atoms. The van der Waals surface area contributed by atoms with Crippen molar-refractivity contribution < 1.29 is 14.1 Å². The molecule has 1 aromatic carbocycles. The Balaban J connectivity index is 0.000000806. The van der Waals surface area contributed by atoms with Crippen molar-refractivity contribution in [3.63, 3.8) is 0 Å². The first-order chi connectivity index (χ1) is 14.5. The lowest BCUT2D eigenvalue weighted by molar-refractivity contribution is 0.181. The van der Waals surface area contributed by atoms with Gasteiger partial charge in [0.15, 0.2) is 0 Å². The number of nitrogens with one attached hydrogen (secondary N) is 1. The van der Waals surface area contributed by atoms with Gasteiger partial charge in [-0.1, -0.05) is 49.2 Å². The van der Waals surface area contributed by atoms with E-state index in [1.807, 2.05) is 25.1 Å². The minimum absolute atomic E-state index is 0.331. The number of carbonyl (C=O) groups is 1.